The van der Waals surface area contributed by atoms with Crippen LogP contribution in [-0.2, 0) is 6.42 Å². The lowest BCUT2D eigenvalue weighted by atomic mass is 9.96. The Morgan fingerprint density at radius 2 is 1.89 bits per heavy atom. The Morgan fingerprint density at radius 3 is 2.57 bits per heavy atom. The van der Waals surface area contributed by atoms with Gasteiger partial charge in [-0.15, -0.1) is 0 Å². The monoisotopic (exact) mass is 440 g/mol. The Hall–Kier alpha value is -2.51. The third kappa shape index (κ3) is 3.86. The highest BCUT2D eigenvalue weighted by molar-refractivity contribution is 9.10. The number of halogens is 1. The second-order valence-corrected chi connectivity index (χ2v) is 7.57. The average molecular weight is 441 g/mol. The SMILES string of the molecule is COc1ccc(C2CC(c3ccc(Br)cc3)=Nc3nc(CCCO)nn32)cc1. The van der Waals surface area contributed by atoms with Crippen LogP contribution in [0.1, 0.15) is 35.8 Å². The summed E-state index contributed by atoms with van der Waals surface area (Å²) in [6.45, 7) is 0.124. The number of rotatable bonds is 6. The van der Waals surface area contributed by atoms with Crippen molar-refractivity contribution >= 4 is 27.6 Å². The first kappa shape index (κ1) is 18.8. The maximum atomic E-state index is 9.12. The molecule has 7 heteroatoms. The molecule has 1 N–H and O–H groups in total. The topological polar surface area (TPSA) is 72.5 Å². The van der Waals surface area contributed by atoms with Gasteiger partial charge in [-0.2, -0.15) is 10.1 Å². The van der Waals surface area contributed by atoms with Gasteiger partial charge in [-0.25, -0.2) is 9.67 Å². The van der Waals surface area contributed by atoms with E-state index in [1.165, 1.54) is 0 Å². The minimum absolute atomic E-state index is 0.00688. The fraction of sp³-hybridized carbons (Fsp3) is 0.286. The molecule has 0 bridgehead atoms. The molecule has 1 aliphatic heterocycles. The van der Waals surface area contributed by atoms with E-state index in [-0.39, 0.29) is 12.6 Å². The molecule has 6 nitrogen and oxygen atoms in total. The summed E-state index contributed by atoms with van der Waals surface area (Å²) < 4.78 is 8.23. The predicted octanol–water partition coefficient (Wildman–Crippen LogP) is 4.09. The molecular formula is C21H21BrN4O2. The van der Waals surface area contributed by atoms with Crippen LogP contribution in [-0.4, -0.2) is 39.3 Å². The molecule has 2 aromatic carbocycles. The molecule has 144 valence electrons. The molecular weight excluding hydrogens is 420 g/mol. The molecule has 1 unspecified atom stereocenters. The summed E-state index contributed by atoms with van der Waals surface area (Å²) in [6.07, 6.45) is 2.00. The minimum atomic E-state index is 0.00688. The predicted molar refractivity (Wildman–Crippen MR) is 112 cm³/mol. The molecule has 28 heavy (non-hydrogen) atoms. The van der Waals surface area contributed by atoms with Gasteiger partial charge in [-0.3, -0.25) is 0 Å². The summed E-state index contributed by atoms with van der Waals surface area (Å²) in [5.41, 5.74) is 3.19. The van der Waals surface area contributed by atoms with Crippen molar-refractivity contribution in [1.82, 2.24) is 14.8 Å². The number of ether oxygens (including phenoxy) is 1. The smallest absolute Gasteiger partial charge is 0.248 e. The molecule has 1 aliphatic rings. The lowest BCUT2D eigenvalue weighted by molar-refractivity contribution is 0.287. The number of fused-ring (bicyclic) bond motifs is 1. The molecule has 2 heterocycles. The Bertz CT molecular complexity index is 981. The molecule has 1 aromatic heterocycles. The van der Waals surface area contributed by atoms with Gasteiger partial charge in [-0.1, -0.05) is 40.2 Å². The lowest BCUT2D eigenvalue weighted by Crippen LogP contribution is -2.21. The van der Waals surface area contributed by atoms with Gasteiger partial charge in [-0.05, 0) is 41.8 Å². The van der Waals surface area contributed by atoms with Crippen LogP contribution in [0.4, 0.5) is 5.95 Å². The second-order valence-electron chi connectivity index (χ2n) is 6.66. The summed E-state index contributed by atoms with van der Waals surface area (Å²) in [5.74, 6) is 2.14. The third-order valence-corrected chi connectivity index (χ3v) is 5.34. The molecule has 4 rings (SSSR count). The van der Waals surface area contributed by atoms with E-state index >= 15 is 0 Å². The van der Waals surface area contributed by atoms with E-state index in [1.54, 1.807) is 7.11 Å². The molecule has 1 atom stereocenters. The number of aliphatic hydroxyl groups excluding tert-OH is 1. The molecule has 0 amide bonds. The van der Waals surface area contributed by atoms with Gasteiger partial charge in [0.2, 0.25) is 5.95 Å². The zero-order valence-corrected chi connectivity index (χ0v) is 17.1. The average Bonchev–Trinajstić information content (AvgIpc) is 3.15. The Morgan fingerprint density at radius 1 is 1.14 bits per heavy atom. The van der Waals surface area contributed by atoms with Gasteiger partial charge < -0.3 is 9.84 Å². The highest BCUT2D eigenvalue weighted by atomic mass is 79.9. The quantitative estimate of drug-likeness (QED) is 0.626. The van der Waals surface area contributed by atoms with E-state index in [4.69, 9.17) is 14.8 Å². The summed E-state index contributed by atoms with van der Waals surface area (Å²) >= 11 is 3.49. The van der Waals surface area contributed by atoms with Crippen molar-refractivity contribution in [3.8, 4) is 5.75 Å². The number of aliphatic hydroxyl groups is 1. The first-order valence-corrected chi connectivity index (χ1v) is 10.0. The summed E-state index contributed by atoms with van der Waals surface area (Å²) in [6, 6.07) is 16.2. The van der Waals surface area contributed by atoms with E-state index in [1.807, 2.05) is 28.9 Å². The van der Waals surface area contributed by atoms with Gasteiger partial charge in [0.25, 0.3) is 0 Å². The Kier molecular flexibility index (Phi) is 5.54. The maximum absolute atomic E-state index is 9.12. The highest BCUT2D eigenvalue weighted by Crippen LogP contribution is 2.33. The molecule has 0 spiro atoms. The first-order chi connectivity index (χ1) is 13.7. The van der Waals surface area contributed by atoms with Crippen LogP contribution in [0, 0.1) is 0 Å². The largest absolute Gasteiger partial charge is 0.497 e. The van der Waals surface area contributed by atoms with E-state index in [0.717, 1.165) is 33.5 Å². The van der Waals surface area contributed by atoms with Crippen molar-refractivity contribution in [2.75, 3.05) is 13.7 Å². The van der Waals surface area contributed by atoms with Gasteiger partial charge in [0, 0.05) is 23.9 Å². The molecule has 0 fully saturated rings. The molecule has 3 aromatic rings. The number of aliphatic imine (C=N–C) groups is 1. The van der Waals surface area contributed by atoms with E-state index in [9.17, 15) is 0 Å². The summed E-state index contributed by atoms with van der Waals surface area (Å²) in [5, 5.41) is 13.8. The van der Waals surface area contributed by atoms with Crippen LogP contribution in [0.15, 0.2) is 58.0 Å². The minimum Gasteiger partial charge on any atom is -0.497 e. The standard InChI is InChI=1S/C21H21BrN4O2/c1-28-17-10-6-15(7-11-17)19-13-18(14-4-8-16(22)9-5-14)23-21-24-20(3-2-12-27)25-26(19)21/h4-11,19,27H,2-3,12-13H2,1H3. The van der Waals surface area contributed by atoms with Crippen LogP contribution >= 0.6 is 15.9 Å². The van der Waals surface area contributed by atoms with Gasteiger partial charge in [0.15, 0.2) is 5.82 Å². The zero-order chi connectivity index (χ0) is 19.5. The van der Waals surface area contributed by atoms with Crippen molar-refractivity contribution < 1.29 is 9.84 Å². The normalized spacial score (nSPS) is 15.8. The van der Waals surface area contributed by atoms with Crippen molar-refractivity contribution in [3.05, 3.63) is 70.0 Å². The number of methoxy groups -OCH3 is 1. The van der Waals surface area contributed by atoms with Crippen molar-refractivity contribution in [1.29, 1.82) is 0 Å². The molecule has 0 saturated heterocycles. The molecule has 0 saturated carbocycles. The Balaban J connectivity index is 1.74. The Labute approximate surface area is 172 Å². The van der Waals surface area contributed by atoms with Gasteiger partial charge >= 0.3 is 0 Å². The van der Waals surface area contributed by atoms with Crippen molar-refractivity contribution in [2.24, 2.45) is 4.99 Å². The van der Waals surface area contributed by atoms with Crippen molar-refractivity contribution in [3.63, 3.8) is 0 Å². The number of aryl methyl sites for hydroxylation is 1. The number of nitrogens with zero attached hydrogens (tertiary/aromatic N) is 4. The van der Waals surface area contributed by atoms with E-state index in [0.29, 0.717) is 24.6 Å². The van der Waals surface area contributed by atoms with Crippen LogP contribution in [0.2, 0.25) is 0 Å². The fourth-order valence-electron chi connectivity index (χ4n) is 3.33. The number of aromatic nitrogens is 3. The van der Waals surface area contributed by atoms with Gasteiger partial charge in [0.05, 0.1) is 18.9 Å². The number of benzene rings is 2. The van der Waals surface area contributed by atoms with E-state index < -0.39 is 0 Å². The van der Waals surface area contributed by atoms with Crippen LogP contribution in [0.25, 0.3) is 0 Å². The highest BCUT2D eigenvalue weighted by Gasteiger charge is 2.27. The summed E-state index contributed by atoms with van der Waals surface area (Å²) in [7, 11) is 1.66. The second kappa shape index (κ2) is 8.24. The zero-order valence-electron chi connectivity index (χ0n) is 15.5. The fourth-order valence-corrected chi connectivity index (χ4v) is 3.60. The number of hydrogen-bond acceptors (Lipinski definition) is 5. The molecule has 0 radical (unpaired) electrons. The van der Waals surface area contributed by atoms with Crippen molar-refractivity contribution in [2.45, 2.75) is 25.3 Å². The molecule has 0 aliphatic carbocycles. The maximum Gasteiger partial charge on any atom is 0.248 e. The lowest BCUT2D eigenvalue weighted by Gasteiger charge is -2.24. The first-order valence-electron chi connectivity index (χ1n) is 9.21. The third-order valence-electron chi connectivity index (χ3n) is 4.81. The van der Waals surface area contributed by atoms with Crippen LogP contribution < -0.4 is 4.74 Å². The summed E-state index contributed by atoms with van der Waals surface area (Å²) in [4.78, 5) is 9.40. The van der Waals surface area contributed by atoms with Crippen LogP contribution in [0.5, 0.6) is 5.75 Å². The number of hydrogen-bond donors (Lipinski definition) is 1. The van der Waals surface area contributed by atoms with Gasteiger partial charge in [0.1, 0.15) is 5.75 Å². The van der Waals surface area contributed by atoms with E-state index in [2.05, 4.69) is 50.3 Å². The van der Waals surface area contributed by atoms with Crippen LogP contribution in [0.3, 0.4) is 0 Å².